The molecule has 0 N–H and O–H groups in total. The fourth-order valence-electron chi connectivity index (χ4n) is 17.1. The minimum Gasteiger partial charge on any atom is -0.0533 e. The quantitative estimate of drug-likeness (QED) is 0.264. The van der Waals surface area contributed by atoms with Gasteiger partial charge in [0.05, 0.1) is 0 Å². The molecule has 0 heteroatoms. The second-order valence-corrected chi connectivity index (χ2v) is 28.1. The average molecular weight is 1050 g/mol. The Morgan fingerprint density at radius 2 is 0.280 bits per heavy atom. The zero-order chi connectivity index (χ0) is 52.3. The summed E-state index contributed by atoms with van der Waals surface area (Å²) in [6.45, 7) is 0. The van der Waals surface area contributed by atoms with Gasteiger partial charge in [0.15, 0.2) is 0 Å². The van der Waals surface area contributed by atoms with E-state index in [0.29, 0.717) is 5.41 Å². The molecular formula is C75H144. The van der Waals surface area contributed by atoms with E-state index in [4.69, 9.17) is 0 Å². The number of rotatable bonds is 3. The van der Waals surface area contributed by atoms with Gasteiger partial charge in [-0.1, -0.05) is 411 Å². The maximum absolute atomic E-state index is 1.63. The summed E-state index contributed by atoms with van der Waals surface area (Å²) in [5.41, 5.74) is 0.561. The maximum atomic E-state index is 1.63. The molecule has 4 rings (SSSR count). The van der Waals surface area contributed by atoms with Crippen molar-refractivity contribution in [3.05, 3.63) is 0 Å². The highest BCUT2D eigenvalue weighted by molar-refractivity contribution is 5.00. The van der Waals surface area contributed by atoms with Crippen molar-refractivity contribution in [3.8, 4) is 0 Å². The van der Waals surface area contributed by atoms with E-state index in [1.54, 1.807) is 109 Å². The molecule has 0 spiro atoms. The summed E-state index contributed by atoms with van der Waals surface area (Å²) >= 11 is 0. The first-order chi connectivity index (χ1) is 37.4. The first-order valence-corrected chi connectivity index (χ1v) is 37.4. The summed E-state index contributed by atoms with van der Waals surface area (Å²) in [4.78, 5) is 0. The van der Waals surface area contributed by atoms with Gasteiger partial charge in [-0.05, 0) is 67.6 Å². The molecule has 0 aromatic rings. The molecule has 0 heterocycles. The standard InChI is InChI=1S/C75H144/c1-2-4-9-13-22-30-38-46-54-62-70-75(73-67-59-51-43-35-27-20-21-28-36-44-52-60-68-73,72-65-57-49-41-33-25-17-14-18-26-34-42-50-58-66-72)74(69-61-53-45-37-29-19-12-8-3-1)71-63-55-47-39-31-23-15-10-6-5-7-11-16-24-32-40-48-56-64-71/h71-74H,1-70H2. The second-order valence-electron chi connectivity index (χ2n) is 28.1. The third-order valence-electron chi connectivity index (χ3n) is 21.8. The lowest BCUT2D eigenvalue weighted by Crippen LogP contribution is -2.48. The molecule has 0 aromatic carbocycles. The Bertz CT molecular complexity index is 1080. The van der Waals surface area contributed by atoms with E-state index in [9.17, 15) is 0 Å². The molecule has 0 radical (unpaired) electrons. The van der Waals surface area contributed by atoms with Crippen molar-refractivity contribution in [1.29, 1.82) is 0 Å². The molecule has 75 heavy (non-hydrogen) atoms. The van der Waals surface area contributed by atoms with Gasteiger partial charge < -0.3 is 0 Å². The van der Waals surface area contributed by atoms with Crippen LogP contribution in [0.25, 0.3) is 0 Å². The topological polar surface area (TPSA) is 0 Å². The Morgan fingerprint density at radius 3 is 0.480 bits per heavy atom. The van der Waals surface area contributed by atoms with Gasteiger partial charge in [-0.15, -0.1) is 0 Å². The van der Waals surface area contributed by atoms with Crippen molar-refractivity contribution in [2.24, 2.45) is 29.1 Å². The van der Waals surface area contributed by atoms with Crippen molar-refractivity contribution >= 4 is 0 Å². The predicted octanol–water partition coefficient (Wildman–Crippen LogP) is 27.8. The van der Waals surface area contributed by atoms with E-state index in [1.807, 2.05) is 0 Å². The minimum atomic E-state index is 0.561. The van der Waals surface area contributed by atoms with Gasteiger partial charge in [-0.2, -0.15) is 0 Å². The number of hydrogen-bond acceptors (Lipinski definition) is 0. The highest BCUT2D eigenvalue weighted by Gasteiger charge is 2.50. The molecule has 4 fully saturated rings. The second kappa shape index (κ2) is 50.9. The number of hydrogen-bond donors (Lipinski definition) is 0. The van der Waals surface area contributed by atoms with Crippen LogP contribution in [-0.2, 0) is 0 Å². The zero-order valence-electron chi connectivity index (χ0n) is 52.3. The molecule has 2 atom stereocenters. The smallest absolute Gasteiger partial charge is 0.0210 e. The third-order valence-corrected chi connectivity index (χ3v) is 21.8. The van der Waals surface area contributed by atoms with Crippen LogP contribution in [0.5, 0.6) is 0 Å². The molecule has 0 nitrogen and oxygen atoms in total. The lowest BCUT2D eigenvalue weighted by molar-refractivity contribution is -0.0658. The molecular weight excluding hydrogens is 901 g/mol. The van der Waals surface area contributed by atoms with Crippen LogP contribution >= 0.6 is 0 Å². The Labute approximate surface area is 476 Å². The largest absolute Gasteiger partial charge is 0.0533 e. The van der Waals surface area contributed by atoms with Crippen LogP contribution < -0.4 is 0 Å². The lowest BCUT2D eigenvalue weighted by Gasteiger charge is -2.56. The van der Waals surface area contributed by atoms with E-state index in [-0.39, 0.29) is 0 Å². The van der Waals surface area contributed by atoms with Crippen LogP contribution in [0, 0.1) is 29.1 Å². The maximum Gasteiger partial charge on any atom is -0.0210 e. The van der Waals surface area contributed by atoms with E-state index >= 15 is 0 Å². The lowest BCUT2D eigenvalue weighted by atomic mass is 9.49. The molecule has 0 bridgehead atoms. The Balaban J connectivity index is 1.80. The van der Waals surface area contributed by atoms with Crippen LogP contribution in [0.3, 0.4) is 0 Å². The Kier molecular flexibility index (Phi) is 45.8. The van der Waals surface area contributed by atoms with Crippen molar-refractivity contribution in [1.82, 2.24) is 0 Å². The molecule has 0 aliphatic heterocycles. The van der Waals surface area contributed by atoms with E-state index in [1.165, 1.54) is 340 Å². The molecule has 0 saturated heterocycles. The Morgan fingerprint density at radius 1 is 0.133 bits per heavy atom. The van der Waals surface area contributed by atoms with Crippen LogP contribution in [-0.4, -0.2) is 0 Å². The fraction of sp³-hybridized carbons (Fsp3) is 1.00. The third kappa shape index (κ3) is 34.8. The first-order valence-electron chi connectivity index (χ1n) is 37.4. The van der Waals surface area contributed by atoms with Crippen molar-refractivity contribution in [2.75, 3.05) is 0 Å². The Hall–Kier alpha value is 0. The average Bonchev–Trinajstić information content (AvgIpc) is 3.43. The summed E-state index contributed by atoms with van der Waals surface area (Å²) in [6, 6.07) is 0. The van der Waals surface area contributed by atoms with Crippen LogP contribution in [0.1, 0.15) is 449 Å². The monoisotopic (exact) mass is 1050 g/mol. The zero-order valence-corrected chi connectivity index (χ0v) is 52.3. The van der Waals surface area contributed by atoms with Gasteiger partial charge in [-0.25, -0.2) is 0 Å². The summed E-state index contributed by atoms with van der Waals surface area (Å²) in [7, 11) is 0. The van der Waals surface area contributed by atoms with Gasteiger partial charge in [0.25, 0.3) is 0 Å². The minimum absolute atomic E-state index is 0.561. The fourth-order valence-corrected chi connectivity index (χ4v) is 17.1. The van der Waals surface area contributed by atoms with Gasteiger partial charge in [0, 0.05) is 0 Å². The molecule has 0 aromatic heterocycles. The van der Waals surface area contributed by atoms with Crippen molar-refractivity contribution < 1.29 is 0 Å². The van der Waals surface area contributed by atoms with Crippen molar-refractivity contribution in [2.45, 2.75) is 449 Å². The first kappa shape index (κ1) is 67.5. The van der Waals surface area contributed by atoms with Gasteiger partial charge in [0.2, 0.25) is 0 Å². The molecule has 4 saturated carbocycles. The molecule has 2 unspecified atom stereocenters. The van der Waals surface area contributed by atoms with E-state index < -0.39 is 0 Å². The summed E-state index contributed by atoms with van der Waals surface area (Å²) in [5, 5.41) is 0. The molecule has 444 valence electrons. The molecule has 4 aliphatic carbocycles. The molecule has 0 amide bonds. The van der Waals surface area contributed by atoms with Gasteiger partial charge in [0.1, 0.15) is 0 Å². The van der Waals surface area contributed by atoms with Crippen LogP contribution in [0.15, 0.2) is 0 Å². The SMILES string of the molecule is C1CCCCCCCCCCCC(C2CCCCCCCCCCCCCCC2)(C2CCCCCCCCCCCCCC2)C(C2CCCCCCCCCCCCCCCCCCC2)CCCCCCCCCC1. The summed E-state index contributed by atoms with van der Waals surface area (Å²) in [6.07, 6.45) is 107. The van der Waals surface area contributed by atoms with Crippen LogP contribution in [0.4, 0.5) is 0 Å². The van der Waals surface area contributed by atoms with Crippen LogP contribution in [0.2, 0.25) is 0 Å². The highest BCUT2D eigenvalue weighted by atomic mass is 14.6. The normalized spacial score (nSPS) is 28.6. The predicted molar refractivity (Wildman–Crippen MR) is 340 cm³/mol. The van der Waals surface area contributed by atoms with Crippen molar-refractivity contribution in [3.63, 3.8) is 0 Å². The molecule has 4 aliphatic rings. The van der Waals surface area contributed by atoms with Gasteiger partial charge in [-0.3, -0.25) is 0 Å². The highest BCUT2D eigenvalue weighted by Crippen LogP contribution is 2.59. The van der Waals surface area contributed by atoms with E-state index in [2.05, 4.69) is 0 Å². The van der Waals surface area contributed by atoms with E-state index in [0.717, 1.165) is 23.7 Å². The summed E-state index contributed by atoms with van der Waals surface area (Å²) in [5.74, 6) is 3.90. The van der Waals surface area contributed by atoms with Gasteiger partial charge >= 0.3 is 0 Å². The summed E-state index contributed by atoms with van der Waals surface area (Å²) < 4.78 is 0.